The van der Waals surface area contributed by atoms with Gasteiger partial charge in [-0.3, -0.25) is 14.9 Å². The van der Waals surface area contributed by atoms with Gasteiger partial charge in [0, 0.05) is 17.7 Å². The van der Waals surface area contributed by atoms with Gasteiger partial charge in [-0.25, -0.2) is 0 Å². The summed E-state index contributed by atoms with van der Waals surface area (Å²) in [6.45, 7) is 0.560. The van der Waals surface area contributed by atoms with E-state index >= 15 is 0 Å². The summed E-state index contributed by atoms with van der Waals surface area (Å²) >= 11 is 0. The van der Waals surface area contributed by atoms with Gasteiger partial charge in [-0.2, -0.15) is 0 Å². The number of nitrogens with two attached hydrogens (primary N) is 2. The lowest BCUT2D eigenvalue weighted by Crippen LogP contribution is -2.29. The molecule has 1 aromatic rings. The van der Waals surface area contributed by atoms with E-state index in [1.807, 2.05) is 0 Å². The van der Waals surface area contributed by atoms with Gasteiger partial charge in [-0.1, -0.05) is 6.42 Å². The van der Waals surface area contributed by atoms with Crippen LogP contribution < -0.4 is 16.8 Å². The highest BCUT2D eigenvalue weighted by molar-refractivity contribution is 5.94. The molecular weight excluding hydrogens is 260 g/mol. The second-order valence-corrected chi connectivity index (χ2v) is 5.03. The van der Waals surface area contributed by atoms with E-state index in [0.717, 1.165) is 19.3 Å². The van der Waals surface area contributed by atoms with Gasteiger partial charge < -0.3 is 16.8 Å². The third kappa shape index (κ3) is 2.88. The molecule has 108 valence electrons. The van der Waals surface area contributed by atoms with Gasteiger partial charge in [0.25, 0.3) is 5.69 Å². The van der Waals surface area contributed by atoms with Crippen molar-refractivity contribution in [2.24, 2.45) is 17.4 Å². The van der Waals surface area contributed by atoms with Crippen LogP contribution in [0.15, 0.2) is 18.2 Å². The van der Waals surface area contributed by atoms with Crippen LogP contribution in [-0.2, 0) is 0 Å². The number of carbonyl (C=O) groups excluding carboxylic acids is 1. The average molecular weight is 278 g/mol. The fourth-order valence-electron chi connectivity index (χ4n) is 2.67. The predicted molar refractivity (Wildman–Crippen MR) is 75.4 cm³/mol. The summed E-state index contributed by atoms with van der Waals surface area (Å²) in [6.07, 6.45) is 3.03. The van der Waals surface area contributed by atoms with Crippen molar-refractivity contribution in [1.82, 2.24) is 0 Å². The normalized spacial score (nSPS) is 21.6. The van der Waals surface area contributed by atoms with Crippen molar-refractivity contribution in [2.45, 2.75) is 25.3 Å². The van der Waals surface area contributed by atoms with Crippen LogP contribution in [0.1, 0.15) is 29.6 Å². The summed E-state index contributed by atoms with van der Waals surface area (Å²) in [7, 11) is 0. The number of hydrogen-bond donors (Lipinski definition) is 3. The van der Waals surface area contributed by atoms with Crippen molar-refractivity contribution in [3.8, 4) is 0 Å². The first kappa shape index (κ1) is 14.3. The zero-order valence-electron chi connectivity index (χ0n) is 11.0. The molecule has 0 aliphatic heterocycles. The van der Waals surface area contributed by atoms with Gasteiger partial charge >= 0.3 is 0 Å². The molecule has 0 saturated heterocycles. The lowest BCUT2D eigenvalue weighted by molar-refractivity contribution is -0.384. The summed E-state index contributed by atoms with van der Waals surface area (Å²) in [5.74, 6) is -0.356. The minimum Gasteiger partial charge on any atom is -0.376 e. The topological polar surface area (TPSA) is 124 Å². The number of primary amides is 1. The quantitative estimate of drug-likeness (QED) is 0.552. The van der Waals surface area contributed by atoms with Gasteiger partial charge in [0.05, 0.1) is 4.92 Å². The smallest absolute Gasteiger partial charge is 0.293 e. The molecule has 0 radical (unpaired) electrons. The second-order valence-electron chi connectivity index (χ2n) is 5.03. The van der Waals surface area contributed by atoms with E-state index < -0.39 is 10.8 Å². The molecule has 2 atom stereocenters. The molecule has 1 aliphatic rings. The highest BCUT2D eigenvalue weighted by Gasteiger charge is 2.28. The molecule has 7 nitrogen and oxygen atoms in total. The number of nitrogens with zero attached hydrogens (tertiary/aromatic N) is 1. The van der Waals surface area contributed by atoms with E-state index in [4.69, 9.17) is 11.5 Å². The van der Waals surface area contributed by atoms with E-state index in [-0.39, 0.29) is 17.3 Å². The molecular formula is C13H18N4O3. The molecule has 0 bridgehead atoms. The van der Waals surface area contributed by atoms with Crippen LogP contribution in [0.25, 0.3) is 0 Å². The molecule has 1 amide bonds. The van der Waals surface area contributed by atoms with Crippen molar-refractivity contribution < 1.29 is 9.72 Å². The predicted octanol–water partition coefficient (Wildman–Crippen LogP) is 1.23. The van der Waals surface area contributed by atoms with Gasteiger partial charge in [0.1, 0.15) is 5.69 Å². The van der Waals surface area contributed by atoms with Crippen molar-refractivity contribution in [1.29, 1.82) is 0 Å². The molecule has 0 spiro atoms. The molecule has 1 fully saturated rings. The van der Waals surface area contributed by atoms with Crippen molar-refractivity contribution in [2.75, 3.05) is 11.9 Å². The van der Waals surface area contributed by atoms with Crippen LogP contribution in [0, 0.1) is 16.0 Å². The molecule has 7 heteroatoms. The number of rotatable bonds is 5. The van der Waals surface area contributed by atoms with E-state index in [1.54, 1.807) is 0 Å². The molecule has 1 saturated carbocycles. The number of benzene rings is 1. The first-order chi connectivity index (χ1) is 9.52. The monoisotopic (exact) mass is 278 g/mol. The second kappa shape index (κ2) is 5.87. The summed E-state index contributed by atoms with van der Waals surface area (Å²) < 4.78 is 0. The zero-order chi connectivity index (χ0) is 14.7. The van der Waals surface area contributed by atoms with Gasteiger partial charge in [-0.15, -0.1) is 0 Å². The maximum Gasteiger partial charge on any atom is 0.293 e. The zero-order valence-corrected chi connectivity index (χ0v) is 11.0. The highest BCUT2D eigenvalue weighted by atomic mass is 16.6. The van der Waals surface area contributed by atoms with Crippen molar-refractivity contribution in [3.05, 3.63) is 33.9 Å². The van der Waals surface area contributed by atoms with Crippen LogP contribution in [-0.4, -0.2) is 23.4 Å². The third-order valence-electron chi connectivity index (χ3n) is 3.78. The molecule has 0 heterocycles. The number of nitro benzene ring substituents is 1. The van der Waals surface area contributed by atoms with Crippen molar-refractivity contribution in [3.63, 3.8) is 0 Å². The van der Waals surface area contributed by atoms with E-state index in [9.17, 15) is 14.9 Å². The summed E-state index contributed by atoms with van der Waals surface area (Å²) in [4.78, 5) is 21.7. The number of nitro groups is 1. The number of carbonyl (C=O) groups is 1. The standard InChI is InChI=1S/C13H18N4O3/c14-7-9-2-1-3-10(9)16-11-5-4-8(13(15)18)6-12(11)17(19)20/h4-6,9-10,16H,1-3,7,14H2,(H2,15,18). The van der Waals surface area contributed by atoms with E-state index in [2.05, 4.69) is 5.32 Å². The average Bonchev–Trinajstić information content (AvgIpc) is 2.85. The van der Waals surface area contributed by atoms with Gasteiger partial charge in [0.15, 0.2) is 0 Å². The minimum absolute atomic E-state index is 0.129. The lowest BCUT2D eigenvalue weighted by Gasteiger charge is -2.20. The molecule has 2 unspecified atom stereocenters. The fourth-order valence-corrected chi connectivity index (χ4v) is 2.67. The van der Waals surface area contributed by atoms with Crippen LogP contribution in [0.3, 0.4) is 0 Å². The van der Waals surface area contributed by atoms with E-state index in [0.29, 0.717) is 18.2 Å². The first-order valence-electron chi connectivity index (χ1n) is 6.57. The van der Waals surface area contributed by atoms with E-state index in [1.165, 1.54) is 18.2 Å². The molecule has 20 heavy (non-hydrogen) atoms. The maximum absolute atomic E-state index is 11.1. The molecule has 0 aromatic heterocycles. The minimum atomic E-state index is -0.680. The highest BCUT2D eigenvalue weighted by Crippen LogP contribution is 2.32. The fraction of sp³-hybridized carbons (Fsp3) is 0.462. The SMILES string of the molecule is NCC1CCCC1Nc1ccc(C(N)=O)cc1[N+](=O)[O-]. The van der Waals surface area contributed by atoms with Crippen LogP contribution in [0.2, 0.25) is 0 Å². The number of nitrogens with one attached hydrogen (secondary N) is 1. The molecule has 1 aliphatic carbocycles. The van der Waals surface area contributed by atoms with Crippen molar-refractivity contribution >= 4 is 17.3 Å². The van der Waals surface area contributed by atoms with Crippen LogP contribution in [0.4, 0.5) is 11.4 Å². The number of amides is 1. The molecule has 1 aromatic carbocycles. The molecule has 2 rings (SSSR count). The number of anilines is 1. The van der Waals surface area contributed by atoms with Crippen LogP contribution in [0.5, 0.6) is 0 Å². The first-order valence-corrected chi connectivity index (χ1v) is 6.57. The Labute approximate surface area is 116 Å². The Bertz CT molecular complexity index is 532. The lowest BCUT2D eigenvalue weighted by atomic mass is 10.0. The molecule has 5 N–H and O–H groups in total. The Hall–Kier alpha value is -2.15. The Morgan fingerprint density at radius 3 is 2.80 bits per heavy atom. The maximum atomic E-state index is 11.1. The number of hydrogen-bond acceptors (Lipinski definition) is 5. The Kier molecular flexibility index (Phi) is 4.19. The van der Waals surface area contributed by atoms with Crippen LogP contribution >= 0.6 is 0 Å². The Balaban J connectivity index is 2.27. The Morgan fingerprint density at radius 2 is 2.20 bits per heavy atom. The Morgan fingerprint density at radius 1 is 1.45 bits per heavy atom. The van der Waals surface area contributed by atoms with Gasteiger partial charge in [0.2, 0.25) is 5.91 Å². The van der Waals surface area contributed by atoms with Gasteiger partial charge in [-0.05, 0) is 37.4 Å². The summed E-state index contributed by atoms with van der Waals surface area (Å²) in [5, 5.41) is 14.3. The third-order valence-corrected chi connectivity index (χ3v) is 3.78. The summed E-state index contributed by atoms with van der Waals surface area (Å²) in [5.41, 5.74) is 11.2. The summed E-state index contributed by atoms with van der Waals surface area (Å²) in [6, 6.07) is 4.36. The largest absolute Gasteiger partial charge is 0.376 e.